The minimum absolute atomic E-state index is 0.325. The Hall–Kier alpha value is -2.13. The SMILES string of the molecule is CCOCc1noc(-c2cc(C#N)c[nH]2)n1. The van der Waals surface area contributed by atoms with Crippen molar-refractivity contribution in [3.05, 3.63) is 23.7 Å². The predicted molar refractivity (Wildman–Crippen MR) is 54.1 cm³/mol. The lowest BCUT2D eigenvalue weighted by atomic mass is 10.3. The third kappa shape index (κ3) is 2.10. The highest BCUT2D eigenvalue weighted by atomic mass is 16.5. The van der Waals surface area contributed by atoms with Gasteiger partial charge in [0.25, 0.3) is 5.89 Å². The molecule has 0 saturated heterocycles. The highest BCUT2D eigenvalue weighted by Gasteiger charge is 2.10. The Bertz CT molecular complexity index is 509. The number of nitrogens with zero attached hydrogens (tertiary/aromatic N) is 3. The monoisotopic (exact) mass is 218 g/mol. The summed E-state index contributed by atoms with van der Waals surface area (Å²) in [6.45, 7) is 2.82. The number of aromatic nitrogens is 3. The first kappa shape index (κ1) is 10.4. The maximum atomic E-state index is 8.66. The topological polar surface area (TPSA) is 87.7 Å². The number of aromatic amines is 1. The lowest BCUT2D eigenvalue weighted by Crippen LogP contribution is -1.93. The lowest BCUT2D eigenvalue weighted by molar-refractivity contribution is 0.126. The van der Waals surface area contributed by atoms with Gasteiger partial charge in [0, 0.05) is 12.8 Å². The van der Waals surface area contributed by atoms with Crippen LogP contribution in [0.25, 0.3) is 11.6 Å². The average molecular weight is 218 g/mol. The molecule has 2 aromatic rings. The van der Waals surface area contributed by atoms with Gasteiger partial charge < -0.3 is 14.2 Å². The van der Waals surface area contributed by atoms with E-state index in [-0.39, 0.29) is 0 Å². The first-order valence-corrected chi connectivity index (χ1v) is 4.82. The van der Waals surface area contributed by atoms with Crippen molar-refractivity contribution in [1.29, 1.82) is 5.26 Å². The fourth-order valence-corrected chi connectivity index (χ4v) is 1.20. The molecular formula is C10H10N4O2. The zero-order valence-corrected chi connectivity index (χ0v) is 8.73. The van der Waals surface area contributed by atoms with Gasteiger partial charge in [0.05, 0.1) is 5.56 Å². The van der Waals surface area contributed by atoms with Crippen LogP contribution in [0.1, 0.15) is 18.3 Å². The van der Waals surface area contributed by atoms with Gasteiger partial charge in [-0.3, -0.25) is 0 Å². The van der Waals surface area contributed by atoms with Crippen LogP contribution in [0.15, 0.2) is 16.8 Å². The van der Waals surface area contributed by atoms with Gasteiger partial charge in [0.15, 0.2) is 5.82 Å². The highest BCUT2D eigenvalue weighted by molar-refractivity contribution is 5.51. The van der Waals surface area contributed by atoms with Crippen LogP contribution in [0.2, 0.25) is 0 Å². The Morgan fingerprint density at radius 3 is 3.19 bits per heavy atom. The third-order valence-corrected chi connectivity index (χ3v) is 1.95. The molecule has 0 unspecified atom stereocenters. The summed E-state index contributed by atoms with van der Waals surface area (Å²) in [5, 5.41) is 12.4. The molecule has 2 rings (SSSR count). The van der Waals surface area contributed by atoms with Gasteiger partial charge in [-0.25, -0.2) is 0 Å². The van der Waals surface area contributed by atoms with Gasteiger partial charge in [-0.05, 0) is 13.0 Å². The maximum absolute atomic E-state index is 8.66. The molecule has 0 bridgehead atoms. The molecule has 0 amide bonds. The van der Waals surface area contributed by atoms with E-state index in [9.17, 15) is 0 Å². The summed E-state index contributed by atoms with van der Waals surface area (Å²) < 4.78 is 10.2. The van der Waals surface area contributed by atoms with Crippen LogP contribution in [0.4, 0.5) is 0 Å². The van der Waals surface area contributed by atoms with Gasteiger partial charge in [0.1, 0.15) is 18.4 Å². The van der Waals surface area contributed by atoms with Crippen LogP contribution in [0.5, 0.6) is 0 Å². The molecule has 0 aromatic carbocycles. The fraction of sp³-hybridized carbons (Fsp3) is 0.300. The quantitative estimate of drug-likeness (QED) is 0.839. The zero-order chi connectivity index (χ0) is 11.4. The van der Waals surface area contributed by atoms with Crippen molar-refractivity contribution >= 4 is 0 Å². The molecule has 2 aromatic heterocycles. The molecule has 0 aliphatic carbocycles. The van der Waals surface area contributed by atoms with Crippen LogP contribution in [0, 0.1) is 11.3 Å². The van der Waals surface area contributed by atoms with Crippen molar-refractivity contribution in [2.24, 2.45) is 0 Å². The van der Waals surface area contributed by atoms with Crippen LogP contribution >= 0.6 is 0 Å². The Labute approximate surface area is 91.8 Å². The lowest BCUT2D eigenvalue weighted by Gasteiger charge is -1.91. The molecule has 0 atom stereocenters. The number of nitriles is 1. The summed E-state index contributed by atoms with van der Waals surface area (Å²) in [6, 6.07) is 3.66. The smallest absolute Gasteiger partial charge is 0.274 e. The van der Waals surface area contributed by atoms with E-state index in [1.165, 1.54) is 0 Å². The number of hydrogen-bond acceptors (Lipinski definition) is 5. The van der Waals surface area contributed by atoms with Crippen LogP contribution in [-0.4, -0.2) is 21.7 Å². The van der Waals surface area contributed by atoms with Crippen LogP contribution in [0.3, 0.4) is 0 Å². The predicted octanol–water partition coefficient (Wildman–Crippen LogP) is 1.47. The Morgan fingerprint density at radius 1 is 1.62 bits per heavy atom. The first-order valence-electron chi connectivity index (χ1n) is 4.82. The summed E-state index contributed by atoms with van der Waals surface area (Å²) in [4.78, 5) is 7.01. The fourth-order valence-electron chi connectivity index (χ4n) is 1.20. The van der Waals surface area contributed by atoms with Crippen LogP contribution in [-0.2, 0) is 11.3 Å². The van der Waals surface area contributed by atoms with Crippen LogP contribution < -0.4 is 0 Å². The largest absolute Gasteiger partial charge is 0.374 e. The number of rotatable bonds is 4. The summed E-state index contributed by atoms with van der Waals surface area (Å²) >= 11 is 0. The maximum Gasteiger partial charge on any atom is 0.274 e. The zero-order valence-electron chi connectivity index (χ0n) is 8.73. The molecule has 1 N–H and O–H groups in total. The summed E-state index contributed by atoms with van der Waals surface area (Å²) in [6.07, 6.45) is 1.59. The van der Waals surface area contributed by atoms with Crippen molar-refractivity contribution in [2.75, 3.05) is 6.61 Å². The minimum atomic E-state index is 0.325. The van der Waals surface area contributed by atoms with E-state index in [0.717, 1.165) is 0 Å². The molecule has 6 heteroatoms. The van der Waals surface area contributed by atoms with Crippen molar-refractivity contribution in [2.45, 2.75) is 13.5 Å². The normalized spacial score (nSPS) is 10.2. The molecule has 6 nitrogen and oxygen atoms in total. The van der Waals surface area contributed by atoms with Gasteiger partial charge in [-0.2, -0.15) is 10.2 Å². The summed E-state index contributed by atoms with van der Waals surface area (Å²) in [5.74, 6) is 0.848. The molecule has 0 spiro atoms. The van der Waals surface area contributed by atoms with E-state index in [1.807, 2.05) is 13.0 Å². The number of nitrogens with one attached hydrogen (secondary N) is 1. The van der Waals surface area contributed by atoms with E-state index in [4.69, 9.17) is 14.5 Å². The first-order chi connectivity index (χ1) is 7.83. The molecule has 82 valence electrons. The second kappa shape index (κ2) is 4.59. The van der Waals surface area contributed by atoms with Gasteiger partial charge >= 0.3 is 0 Å². The van der Waals surface area contributed by atoms with Crippen molar-refractivity contribution in [3.8, 4) is 17.7 Å². The van der Waals surface area contributed by atoms with E-state index >= 15 is 0 Å². The Kier molecular flexibility index (Phi) is 2.98. The van der Waals surface area contributed by atoms with Crippen molar-refractivity contribution < 1.29 is 9.26 Å². The second-order valence-electron chi connectivity index (χ2n) is 3.07. The number of ether oxygens (including phenoxy) is 1. The van der Waals surface area contributed by atoms with E-state index in [1.54, 1.807) is 12.3 Å². The minimum Gasteiger partial charge on any atom is -0.374 e. The molecule has 0 aliphatic rings. The number of hydrogen-bond donors (Lipinski definition) is 1. The van der Waals surface area contributed by atoms with Gasteiger partial charge in [-0.1, -0.05) is 5.16 Å². The average Bonchev–Trinajstić information content (AvgIpc) is 2.94. The molecular weight excluding hydrogens is 208 g/mol. The highest BCUT2D eigenvalue weighted by Crippen LogP contribution is 2.16. The molecule has 16 heavy (non-hydrogen) atoms. The van der Waals surface area contributed by atoms with Crippen molar-refractivity contribution in [3.63, 3.8) is 0 Å². The molecule has 0 radical (unpaired) electrons. The third-order valence-electron chi connectivity index (χ3n) is 1.95. The summed E-state index contributed by atoms with van der Waals surface area (Å²) in [5.41, 5.74) is 1.16. The molecule has 0 saturated carbocycles. The van der Waals surface area contributed by atoms with Crippen molar-refractivity contribution in [1.82, 2.24) is 15.1 Å². The molecule has 0 fully saturated rings. The molecule has 2 heterocycles. The van der Waals surface area contributed by atoms with E-state index in [2.05, 4.69) is 15.1 Å². The molecule has 0 aliphatic heterocycles. The van der Waals surface area contributed by atoms with E-state index in [0.29, 0.717) is 36.2 Å². The number of H-pyrrole nitrogens is 1. The Balaban J connectivity index is 2.15. The standard InChI is InChI=1S/C10H10N4O2/c1-2-15-6-9-13-10(16-14-9)8-3-7(4-11)5-12-8/h3,5,12H,2,6H2,1H3. The van der Waals surface area contributed by atoms with Gasteiger partial charge in [0.2, 0.25) is 0 Å². The van der Waals surface area contributed by atoms with Gasteiger partial charge in [-0.15, -0.1) is 0 Å². The second-order valence-corrected chi connectivity index (χ2v) is 3.07. The Morgan fingerprint density at radius 2 is 2.50 bits per heavy atom. The van der Waals surface area contributed by atoms with E-state index < -0.39 is 0 Å². The summed E-state index contributed by atoms with van der Waals surface area (Å²) in [7, 11) is 0.